The molecule has 0 saturated heterocycles. The summed E-state index contributed by atoms with van der Waals surface area (Å²) < 4.78 is 5.04. The summed E-state index contributed by atoms with van der Waals surface area (Å²) in [6, 6.07) is 12.7. The van der Waals surface area contributed by atoms with Crippen LogP contribution in [0, 0.1) is 13.8 Å². The van der Waals surface area contributed by atoms with Crippen molar-refractivity contribution in [1.82, 2.24) is 25.4 Å². The molecule has 1 amide bonds. The number of rotatable bonds is 10. The van der Waals surface area contributed by atoms with Gasteiger partial charge in [0.1, 0.15) is 17.9 Å². The summed E-state index contributed by atoms with van der Waals surface area (Å²) in [6.07, 6.45) is 6.13. The fourth-order valence-corrected chi connectivity index (χ4v) is 4.84. The van der Waals surface area contributed by atoms with Gasteiger partial charge in [0.15, 0.2) is 5.69 Å². The molecule has 5 aromatic rings. The van der Waals surface area contributed by atoms with E-state index in [1.807, 2.05) is 50.2 Å². The molecular formula is C32H33N9O3. The normalized spacial score (nSPS) is 11.9. The van der Waals surface area contributed by atoms with E-state index in [9.17, 15) is 9.59 Å². The van der Waals surface area contributed by atoms with Crippen LogP contribution in [0.2, 0.25) is 0 Å². The van der Waals surface area contributed by atoms with Crippen molar-refractivity contribution in [3.8, 4) is 11.3 Å². The van der Waals surface area contributed by atoms with Crippen LogP contribution in [-0.4, -0.2) is 52.2 Å². The van der Waals surface area contributed by atoms with Gasteiger partial charge < -0.3 is 30.8 Å². The first-order valence-corrected chi connectivity index (χ1v) is 13.9. The number of carbonyl (C=O) groups is 2. The van der Waals surface area contributed by atoms with Gasteiger partial charge in [-0.3, -0.25) is 9.59 Å². The smallest absolute Gasteiger partial charge is 0.277 e. The second kappa shape index (κ2) is 12.6. The van der Waals surface area contributed by atoms with Crippen LogP contribution >= 0.6 is 0 Å². The Labute approximate surface area is 254 Å². The zero-order chi connectivity index (χ0) is 31.4. The monoisotopic (exact) mass is 591 g/mol. The summed E-state index contributed by atoms with van der Waals surface area (Å²) in [7, 11) is 3.73. The Bertz CT molecular complexity index is 1920. The van der Waals surface area contributed by atoms with Gasteiger partial charge in [0.05, 0.1) is 16.9 Å². The first-order valence-electron chi connectivity index (χ1n) is 13.9. The number of aromatic nitrogens is 4. The zero-order valence-corrected chi connectivity index (χ0v) is 25.1. The number of hydrogen-bond donors (Lipinski definition) is 4. The standard InChI is InChI=1S/C32H33N9O3/c1-18-14-36-32(38-28(33)12-19(2)34-4)39-29(18)23-15-35-30-22(23)9-7-11-27(30)41(5)16-24-21(17-42)8-6-10-25(24)37-31(43)26-13-20(3)44-40-26/h6-15,17,34-35H,16H2,1-5H3,(H,37,43)(H2,33,36,38,39)/b19-12-. The number of nitrogens with one attached hydrogen (secondary N) is 3. The number of H-pyrrole nitrogens is 1. The van der Waals surface area contributed by atoms with E-state index in [-0.39, 0.29) is 17.5 Å². The highest BCUT2D eigenvalue weighted by molar-refractivity contribution is 6.04. The van der Waals surface area contributed by atoms with Gasteiger partial charge in [0.2, 0.25) is 0 Å². The zero-order valence-electron chi connectivity index (χ0n) is 25.1. The number of amidine groups is 1. The Morgan fingerprint density at radius 3 is 2.73 bits per heavy atom. The second-order valence-corrected chi connectivity index (χ2v) is 10.3. The maximum Gasteiger partial charge on any atom is 0.277 e. The summed E-state index contributed by atoms with van der Waals surface area (Å²) in [4.78, 5) is 43.7. The summed E-state index contributed by atoms with van der Waals surface area (Å²) in [5, 5.41) is 10.6. The lowest BCUT2D eigenvalue weighted by Crippen LogP contribution is -2.21. The number of amides is 1. The van der Waals surface area contributed by atoms with Gasteiger partial charge in [-0.15, -0.1) is 0 Å². The molecule has 0 aliphatic heterocycles. The maximum atomic E-state index is 12.8. The molecular weight excluding hydrogens is 558 g/mol. The number of benzene rings is 2. The van der Waals surface area contributed by atoms with Gasteiger partial charge in [0, 0.05) is 72.6 Å². The second-order valence-electron chi connectivity index (χ2n) is 10.3. The van der Waals surface area contributed by atoms with E-state index in [1.54, 1.807) is 50.5 Å². The molecule has 3 aromatic heterocycles. The van der Waals surface area contributed by atoms with Gasteiger partial charge in [-0.2, -0.15) is 4.99 Å². The SMILES string of the molecule is CN/C(C)=C\C(N)=N/c1ncc(C)c(-c2c[nH]c3c(N(C)Cc4c(C=O)cccc4NC(=O)c4cc(C)on4)cccc23)n1. The number of anilines is 2. The van der Waals surface area contributed by atoms with Crippen molar-refractivity contribution in [2.75, 3.05) is 24.3 Å². The van der Waals surface area contributed by atoms with E-state index >= 15 is 0 Å². The number of fused-ring (bicyclic) bond motifs is 1. The molecule has 0 fully saturated rings. The minimum Gasteiger partial charge on any atom is -0.392 e. The van der Waals surface area contributed by atoms with Gasteiger partial charge >= 0.3 is 0 Å². The van der Waals surface area contributed by atoms with Crippen LogP contribution in [0.3, 0.4) is 0 Å². The van der Waals surface area contributed by atoms with Gasteiger partial charge in [0.25, 0.3) is 11.9 Å². The largest absolute Gasteiger partial charge is 0.392 e. The summed E-state index contributed by atoms with van der Waals surface area (Å²) in [6.45, 7) is 5.88. The van der Waals surface area contributed by atoms with Gasteiger partial charge in [-0.05, 0) is 44.5 Å². The lowest BCUT2D eigenvalue weighted by atomic mass is 10.0. The fraction of sp³-hybridized carbons (Fsp3) is 0.188. The molecule has 0 atom stereocenters. The van der Waals surface area contributed by atoms with E-state index < -0.39 is 5.91 Å². The Morgan fingerprint density at radius 1 is 1.20 bits per heavy atom. The molecule has 2 aromatic carbocycles. The third kappa shape index (κ3) is 6.19. The molecule has 224 valence electrons. The topological polar surface area (TPSA) is 167 Å². The maximum absolute atomic E-state index is 12.8. The average molecular weight is 592 g/mol. The quantitative estimate of drug-likeness (QED) is 0.0987. The number of aromatic amines is 1. The van der Waals surface area contributed by atoms with Gasteiger partial charge in [-0.1, -0.05) is 29.4 Å². The Kier molecular flexibility index (Phi) is 8.51. The van der Waals surface area contributed by atoms with Crippen molar-refractivity contribution in [2.24, 2.45) is 10.7 Å². The predicted molar refractivity (Wildman–Crippen MR) is 171 cm³/mol. The molecule has 0 saturated carbocycles. The predicted octanol–water partition coefficient (Wildman–Crippen LogP) is 5.04. The number of aryl methyl sites for hydroxylation is 2. The summed E-state index contributed by atoms with van der Waals surface area (Å²) in [5.74, 6) is 0.643. The molecule has 44 heavy (non-hydrogen) atoms. The van der Waals surface area contributed by atoms with Crippen LogP contribution in [0.25, 0.3) is 22.2 Å². The molecule has 0 radical (unpaired) electrons. The highest BCUT2D eigenvalue weighted by atomic mass is 16.5. The van der Waals surface area contributed by atoms with E-state index in [4.69, 9.17) is 15.2 Å². The van der Waals surface area contributed by atoms with E-state index in [0.717, 1.165) is 45.4 Å². The van der Waals surface area contributed by atoms with Crippen LogP contribution in [-0.2, 0) is 6.54 Å². The number of para-hydroxylation sites is 1. The number of aliphatic imine (C=N–C) groups is 1. The highest BCUT2D eigenvalue weighted by Gasteiger charge is 2.19. The summed E-state index contributed by atoms with van der Waals surface area (Å²) >= 11 is 0. The number of hydrogen-bond acceptors (Lipinski definition) is 9. The minimum atomic E-state index is -0.427. The van der Waals surface area contributed by atoms with E-state index in [1.165, 1.54) is 0 Å². The van der Waals surface area contributed by atoms with Crippen LogP contribution < -0.4 is 21.3 Å². The third-order valence-electron chi connectivity index (χ3n) is 7.15. The van der Waals surface area contributed by atoms with Crippen LogP contribution in [0.15, 0.2) is 76.1 Å². The van der Waals surface area contributed by atoms with Crippen molar-refractivity contribution in [2.45, 2.75) is 27.3 Å². The fourth-order valence-electron chi connectivity index (χ4n) is 4.84. The molecule has 0 aliphatic carbocycles. The molecule has 0 bridgehead atoms. The molecule has 5 rings (SSSR count). The van der Waals surface area contributed by atoms with Crippen molar-refractivity contribution >= 4 is 46.3 Å². The number of carbonyl (C=O) groups excluding carboxylic acids is 2. The summed E-state index contributed by atoms with van der Waals surface area (Å²) in [5.41, 5.74) is 13.0. The van der Waals surface area contributed by atoms with Crippen LogP contribution in [0.4, 0.5) is 17.3 Å². The van der Waals surface area contributed by atoms with Crippen LogP contribution in [0.5, 0.6) is 0 Å². The molecule has 12 nitrogen and oxygen atoms in total. The third-order valence-corrected chi connectivity index (χ3v) is 7.15. The lowest BCUT2D eigenvalue weighted by molar-refractivity contribution is 0.101. The average Bonchev–Trinajstić information content (AvgIpc) is 3.65. The number of allylic oxidation sites excluding steroid dienone is 1. The van der Waals surface area contributed by atoms with Gasteiger partial charge in [-0.25, -0.2) is 9.97 Å². The molecule has 5 N–H and O–H groups in total. The molecule has 0 unspecified atom stereocenters. The van der Waals surface area contributed by atoms with Crippen molar-refractivity contribution in [3.05, 3.63) is 94.8 Å². The minimum absolute atomic E-state index is 0.156. The molecule has 0 aliphatic rings. The first kappa shape index (κ1) is 29.7. The number of nitrogens with zero attached hydrogens (tertiary/aromatic N) is 5. The van der Waals surface area contributed by atoms with Crippen molar-refractivity contribution in [3.63, 3.8) is 0 Å². The Morgan fingerprint density at radius 2 is 2.00 bits per heavy atom. The molecule has 12 heteroatoms. The Hall–Kier alpha value is -5.78. The van der Waals surface area contributed by atoms with Crippen LogP contribution in [0.1, 0.15) is 44.7 Å². The molecule has 0 spiro atoms. The number of nitrogens with two attached hydrogens (primary N) is 1. The van der Waals surface area contributed by atoms with Crippen molar-refractivity contribution < 1.29 is 14.1 Å². The van der Waals surface area contributed by atoms with Crippen molar-refractivity contribution in [1.29, 1.82) is 0 Å². The first-order chi connectivity index (χ1) is 21.2. The highest BCUT2D eigenvalue weighted by Crippen LogP contribution is 2.35. The lowest BCUT2D eigenvalue weighted by Gasteiger charge is -2.23. The van der Waals surface area contributed by atoms with E-state index in [2.05, 4.69) is 30.8 Å². The molecule has 3 heterocycles. The number of aldehydes is 1. The van der Waals surface area contributed by atoms with E-state index in [0.29, 0.717) is 29.1 Å². The Balaban J connectivity index is 1.48.